The largest absolute Gasteiger partial charge is 0.325 e. The first-order valence-corrected chi connectivity index (χ1v) is 8.33. The molecule has 21 heavy (non-hydrogen) atoms. The Labute approximate surface area is 126 Å². The van der Waals surface area contributed by atoms with Crippen molar-refractivity contribution in [1.82, 2.24) is 10.2 Å². The van der Waals surface area contributed by atoms with Gasteiger partial charge < -0.3 is 4.90 Å². The monoisotopic (exact) mass is 284 g/mol. The molecule has 3 aliphatic rings. The van der Waals surface area contributed by atoms with Crippen LogP contribution in [-0.2, 0) is 4.79 Å². The van der Waals surface area contributed by atoms with Gasteiger partial charge in [0.1, 0.15) is 6.04 Å². The summed E-state index contributed by atoms with van der Waals surface area (Å²) in [7, 11) is 0. The Kier molecular flexibility index (Phi) is 3.26. The van der Waals surface area contributed by atoms with E-state index in [-0.39, 0.29) is 11.9 Å². The van der Waals surface area contributed by atoms with E-state index < -0.39 is 0 Å². The first kappa shape index (κ1) is 13.3. The Hall–Kier alpha value is -1.35. The number of hydrogen-bond donors (Lipinski definition) is 1. The molecule has 0 spiro atoms. The molecule has 1 N–H and O–H groups in total. The van der Waals surface area contributed by atoms with Crippen LogP contribution >= 0.6 is 0 Å². The molecule has 1 heterocycles. The summed E-state index contributed by atoms with van der Waals surface area (Å²) in [5, 5.41) is 3.40. The zero-order chi connectivity index (χ0) is 14.4. The van der Waals surface area contributed by atoms with Gasteiger partial charge in [-0.3, -0.25) is 10.1 Å². The molecule has 1 amide bonds. The Morgan fingerprint density at radius 3 is 2.67 bits per heavy atom. The van der Waals surface area contributed by atoms with Crippen LogP contribution in [0.5, 0.6) is 0 Å². The molecule has 5 unspecified atom stereocenters. The highest BCUT2D eigenvalue weighted by molar-refractivity contribution is 5.85. The van der Waals surface area contributed by atoms with E-state index >= 15 is 0 Å². The van der Waals surface area contributed by atoms with Crippen LogP contribution in [0.2, 0.25) is 0 Å². The second-order valence-electron chi connectivity index (χ2n) is 7.09. The van der Waals surface area contributed by atoms with E-state index in [9.17, 15) is 4.79 Å². The van der Waals surface area contributed by atoms with Crippen LogP contribution in [0.3, 0.4) is 0 Å². The van der Waals surface area contributed by atoms with Crippen LogP contribution in [0.1, 0.15) is 44.2 Å². The Morgan fingerprint density at radius 1 is 1.19 bits per heavy atom. The highest BCUT2D eigenvalue weighted by atomic mass is 16.2. The second kappa shape index (κ2) is 5.13. The van der Waals surface area contributed by atoms with Gasteiger partial charge in [0.05, 0.1) is 6.67 Å². The molecule has 2 aliphatic carbocycles. The van der Waals surface area contributed by atoms with Gasteiger partial charge in [-0.2, -0.15) is 0 Å². The van der Waals surface area contributed by atoms with E-state index in [2.05, 4.69) is 17.1 Å². The maximum atomic E-state index is 12.8. The predicted molar refractivity (Wildman–Crippen MR) is 82.4 cm³/mol. The van der Waals surface area contributed by atoms with E-state index in [0.717, 1.165) is 23.3 Å². The van der Waals surface area contributed by atoms with Crippen molar-refractivity contribution in [2.75, 3.05) is 6.67 Å². The standard InChI is InChI=1S/C18H24N2O/c1-12(16-10-13-7-8-15(16)9-13)20-11-19-17(18(20)21)14-5-3-2-4-6-14/h2-6,12-13,15-17,19H,7-11H2,1H3. The van der Waals surface area contributed by atoms with Crippen LogP contribution in [0, 0.1) is 17.8 Å². The van der Waals surface area contributed by atoms with Gasteiger partial charge in [-0.25, -0.2) is 0 Å². The maximum Gasteiger partial charge on any atom is 0.245 e. The summed E-state index contributed by atoms with van der Waals surface area (Å²) in [5.41, 5.74) is 1.09. The van der Waals surface area contributed by atoms with Gasteiger partial charge in [0.25, 0.3) is 0 Å². The number of hydrogen-bond acceptors (Lipinski definition) is 2. The molecule has 1 saturated heterocycles. The molecule has 3 nitrogen and oxygen atoms in total. The van der Waals surface area contributed by atoms with Crippen LogP contribution in [-0.4, -0.2) is 23.5 Å². The molecular formula is C18H24N2O. The van der Waals surface area contributed by atoms with Crippen LogP contribution in [0.4, 0.5) is 0 Å². The van der Waals surface area contributed by atoms with Crippen molar-refractivity contribution in [3.63, 3.8) is 0 Å². The number of nitrogens with one attached hydrogen (secondary N) is 1. The van der Waals surface area contributed by atoms with Crippen molar-refractivity contribution in [2.45, 2.75) is 44.7 Å². The lowest BCUT2D eigenvalue weighted by molar-refractivity contribution is -0.132. The first-order valence-electron chi connectivity index (χ1n) is 8.33. The number of fused-ring (bicyclic) bond motifs is 2. The van der Waals surface area contributed by atoms with Crippen LogP contribution in [0.15, 0.2) is 30.3 Å². The highest BCUT2D eigenvalue weighted by Crippen LogP contribution is 2.50. The molecule has 5 atom stereocenters. The van der Waals surface area contributed by atoms with Crippen LogP contribution in [0.25, 0.3) is 0 Å². The van der Waals surface area contributed by atoms with Gasteiger partial charge in [-0.1, -0.05) is 36.8 Å². The highest BCUT2D eigenvalue weighted by Gasteiger charge is 2.46. The number of carbonyl (C=O) groups excluding carboxylic acids is 1. The minimum absolute atomic E-state index is 0.146. The Bertz CT molecular complexity index is 529. The summed E-state index contributed by atoms with van der Waals surface area (Å²) in [6, 6.07) is 10.3. The van der Waals surface area contributed by atoms with E-state index in [1.54, 1.807) is 0 Å². The van der Waals surface area contributed by atoms with Gasteiger partial charge in [-0.05, 0) is 49.5 Å². The summed E-state index contributed by atoms with van der Waals surface area (Å²) in [6.07, 6.45) is 5.56. The summed E-state index contributed by atoms with van der Waals surface area (Å²) < 4.78 is 0. The van der Waals surface area contributed by atoms with E-state index in [4.69, 9.17) is 0 Å². The lowest BCUT2D eigenvalue weighted by Gasteiger charge is -2.34. The molecule has 2 saturated carbocycles. The summed E-state index contributed by atoms with van der Waals surface area (Å²) in [5.74, 6) is 2.80. The minimum Gasteiger partial charge on any atom is -0.325 e. The van der Waals surface area contributed by atoms with Gasteiger partial charge in [0.15, 0.2) is 0 Å². The van der Waals surface area contributed by atoms with Gasteiger partial charge in [-0.15, -0.1) is 0 Å². The van der Waals surface area contributed by atoms with E-state index in [1.807, 2.05) is 30.3 Å². The number of rotatable bonds is 3. The molecule has 1 aromatic rings. The fourth-order valence-electron chi connectivity index (χ4n) is 4.89. The van der Waals surface area contributed by atoms with Crippen molar-refractivity contribution in [1.29, 1.82) is 0 Å². The molecular weight excluding hydrogens is 260 g/mol. The maximum absolute atomic E-state index is 12.8. The SMILES string of the molecule is CC(C1CC2CCC1C2)N1CNC(c2ccccc2)C1=O. The lowest BCUT2D eigenvalue weighted by atomic mass is 9.83. The summed E-state index contributed by atoms with van der Waals surface area (Å²) in [6.45, 7) is 2.96. The van der Waals surface area contributed by atoms with Gasteiger partial charge in [0, 0.05) is 6.04 Å². The van der Waals surface area contributed by atoms with Gasteiger partial charge >= 0.3 is 0 Å². The zero-order valence-corrected chi connectivity index (χ0v) is 12.7. The molecule has 1 aliphatic heterocycles. The molecule has 4 rings (SSSR count). The average molecular weight is 284 g/mol. The molecule has 1 aromatic carbocycles. The molecule has 3 heteroatoms. The normalized spacial score (nSPS) is 36.4. The lowest BCUT2D eigenvalue weighted by Crippen LogP contribution is -2.42. The fraction of sp³-hybridized carbons (Fsp3) is 0.611. The Balaban J connectivity index is 1.48. The van der Waals surface area contributed by atoms with Crippen molar-refractivity contribution in [3.8, 4) is 0 Å². The zero-order valence-electron chi connectivity index (χ0n) is 12.7. The number of nitrogens with zero attached hydrogens (tertiary/aromatic N) is 1. The Morgan fingerprint density at radius 2 is 2.00 bits per heavy atom. The molecule has 0 radical (unpaired) electrons. The molecule has 112 valence electrons. The second-order valence-corrected chi connectivity index (χ2v) is 7.09. The first-order chi connectivity index (χ1) is 10.2. The smallest absolute Gasteiger partial charge is 0.245 e. The van der Waals surface area contributed by atoms with E-state index in [0.29, 0.717) is 12.7 Å². The topological polar surface area (TPSA) is 32.3 Å². The van der Waals surface area contributed by atoms with E-state index in [1.165, 1.54) is 25.7 Å². The predicted octanol–water partition coefficient (Wildman–Crippen LogP) is 2.94. The third-order valence-corrected chi connectivity index (χ3v) is 6.03. The average Bonchev–Trinajstić information content (AvgIpc) is 3.22. The van der Waals surface area contributed by atoms with Crippen molar-refractivity contribution >= 4 is 5.91 Å². The van der Waals surface area contributed by atoms with Crippen molar-refractivity contribution in [2.24, 2.45) is 17.8 Å². The minimum atomic E-state index is -0.146. The number of carbonyl (C=O) groups is 1. The van der Waals surface area contributed by atoms with Crippen molar-refractivity contribution in [3.05, 3.63) is 35.9 Å². The molecule has 3 fully saturated rings. The fourth-order valence-corrected chi connectivity index (χ4v) is 4.89. The van der Waals surface area contributed by atoms with Crippen molar-refractivity contribution < 1.29 is 4.79 Å². The summed E-state index contributed by atoms with van der Waals surface area (Å²) in [4.78, 5) is 14.9. The van der Waals surface area contributed by atoms with Gasteiger partial charge in [0.2, 0.25) is 5.91 Å². The number of benzene rings is 1. The summed E-state index contributed by atoms with van der Waals surface area (Å²) >= 11 is 0. The number of amides is 1. The third kappa shape index (κ3) is 2.18. The third-order valence-electron chi connectivity index (χ3n) is 6.03. The quantitative estimate of drug-likeness (QED) is 0.925. The molecule has 2 bridgehead atoms. The van der Waals surface area contributed by atoms with Crippen LogP contribution < -0.4 is 5.32 Å². The molecule has 0 aromatic heterocycles.